The lowest BCUT2D eigenvalue weighted by molar-refractivity contribution is -0.133. The van der Waals surface area contributed by atoms with Gasteiger partial charge in [0.1, 0.15) is 20.8 Å². The Morgan fingerprint density at radius 1 is 1.33 bits per heavy atom. The van der Waals surface area contributed by atoms with Gasteiger partial charge in [-0.15, -0.1) is 11.3 Å². The average Bonchev–Trinajstić information content (AvgIpc) is 3.04. The number of allylic oxidation sites excluding steroid dienone is 1. The number of esters is 1. The molecule has 10 heteroatoms. The second-order valence-corrected chi connectivity index (χ2v) is 7.62. The number of nitriles is 1. The Labute approximate surface area is 174 Å². The van der Waals surface area contributed by atoms with Crippen molar-refractivity contribution in [2.45, 2.75) is 5.92 Å². The Bertz CT molecular complexity index is 1300. The fourth-order valence-corrected chi connectivity index (χ4v) is 4.28. The second kappa shape index (κ2) is 7.96. The standard InChI is InChI=1S/C20H17FN4O4S/c1-24(2)19(28)16-15(10-4-6-11(21)7-5-10)12(9-22)17(23)25-18(27)13(30-20(16)25)8-14(26)29-3/h4-8,15H,23H2,1-3H3/b13-8-/t15-/m1/s1. The van der Waals surface area contributed by atoms with Crippen LogP contribution in [0.1, 0.15) is 11.5 Å². The van der Waals surface area contributed by atoms with E-state index in [1.54, 1.807) is 0 Å². The monoisotopic (exact) mass is 428 g/mol. The molecule has 8 nitrogen and oxygen atoms in total. The van der Waals surface area contributed by atoms with Gasteiger partial charge in [0, 0.05) is 20.2 Å². The van der Waals surface area contributed by atoms with Crippen LogP contribution < -0.4 is 20.5 Å². The number of thiazole rings is 1. The molecule has 30 heavy (non-hydrogen) atoms. The molecular formula is C20H17FN4O4S. The predicted molar refractivity (Wildman–Crippen MR) is 109 cm³/mol. The summed E-state index contributed by atoms with van der Waals surface area (Å²) in [6.07, 6.45) is 1.00. The first-order chi connectivity index (χ1) is 14.2. The van der Waals surface area contributed by atoms with E-state index in [9.17, 15) is 24.0 Å². The SMILES string of the molecule is COC(=O)/C=c1\sc2n(c1=O)C(N)=C(C#N)[C@@H](c1ccc(F)cc1)C=2C(=O)N(C)C. The van der Waals surface area contributed by atoms with Crippen molar-refractivity contribution in [1.82, 2.24) is 9.47 Å². The van der Waals surface area contributed by atoms with Gasteiger partial charge in [0.25, 0.3) is 11.5 Å². The Morgan fingerprint density at radius 2 is 1.97 bits per heavy atom. The van der Waals surface area contributed by atoms with E-state index < -0.39 is 29.2 Å². The molecule has 0 spiro atoms. The van der Waals surface area contributed by atoms with Crippen LogP contribution in [-0.4, -0.2) is 42.5 Å². The number of rotatable bonds is 3. The first-order valence-corrected chi connectivity index (χ1v) is 9.45. The summed E-state index contributed by atoms with van der Waals surface area (Å²) in [7, 11) is 4.23. The molecule has 0 unspecified atom stereocenters. The number of methoxy groups -OCH3 is 1. The predicted octanol–water partition coefficient (Wildman–Crippen LogP) is -0.310. The molecular weight excluding hydrogens is 411 g/mol. The molecule has 1 atom stereocenters. The van der Waals surface area contributed by atoms with Crippen LogP contribution in [-0.2, 0) is 14.3 Å². The van der Waals surface area contributed by atoms with Gasteiger partial charge >= 0.3 is 5.97 Å². The van der Waals surface area contributed by atoms with E-state index in [1.165, 1.54) is 50.4 Å². The highest BCUT2D eigenvalue weighted by atomic mass is 32.1. The van der Waals surface area contributed by atoms with E-state index in [2.05, 4.69) is 4.74 Å². The summed E-state index contributed by atoms with van der Waals surface area (Å²) in [6, 6.07) is 7.32. The maximum atomic E-state index is 13.5. The molecule has 0 saturated heterocycles. The van der Waals surface area contributed by atoms with Crippen molar-refractivity contribution in [3.8, 4) is 6.07 Å². The highest BCUT2D eigenvalue weighted by molar-refractivity contribution is 7.07. The number of fused-ring (bicyclic) bond motifs is 1. The third-order valence-electron chi connectivity index (χ3n) is 4.56. The van der Waals surface area contributed by atoms with Gasteiger partial charge in [-0.3, -0.25) is 14.2 Å². The van der Waals surface area contributed by atoms with Gasteiger partial charge in [0.15, 0.2) is 0 Å². The average molecular weight is 428 g/mol. The fourth-order valence-electron chi connectivity index (χ4n) is 3.15. The minimum atomic E-state index is -0.908. The van der Waals surface area contributed by atoms with Crippen LogP contribution in [0.3, 0.4) is 0 Å². The number of hydrogen-bond donors (Lipinski definition) is 1. The summed E-state index contributed by atoms with van der Waals surface area (Å²) in [5, 5.41) is 9.80. The van der Waals surface area contributed by atoms with Gasteiger partial charge < -0.3 is 15.4 Å². The molecule has 2 heterocycles. The Balaban J connectivity index is 2.50. The summed E-state index contributed by atoms with van der Waals surface area (Å²) >= 11 is 0.889. The van der Waals surface area contributed by atoms with E-state index in [-0.39, 0.29) is 26.2 Å². The molecule has 1 aliphatic rings. The number of amides is 1. The van der Waals surface area contributed by atoms with Crippen LogP contribution in [0.4, 0.5) is 4.39 Å². The maximum Gasteiger partial charge on any atom is 0.332 e. The molecule has 1 amide bonds. The van der Waals surface area contributed by atoms with Crippen molar-refractivity contribution in [3.63, 3.8) is 0 Å². The van der Waals surface area contributed by atoms with Crippen molar-refractivity contribution in [1.29, 1.82) is 5.26 Å². The third-order valence-corrected chi connectivity index (χ3v) is 5.67. The van der Waals surface area contributed by atoms with Gasteiger partial charge in [-0.1, -0.05) is 12.1 Å². The van der Waals surface area contributed by atoms with E-state index in [0.717, 1.165) is 22.0 Å². The molecule has 0 radical (unpaired) electrons. The number of nitrogens with zero attached hydrogens (tertiary/aromatic N) is 3. The minimum absolute atomic E-state index is 0.000835. The molecule has 2 aromatic rings. The second-order valence-electron chi connectivity index (χ2n) is 6.59. The quantitative estimate of drug-likeness (QED) is 0.670. The summed E-state index contributed by atoms with van der Waals surface area (Å²) in [6.45, 7) is 0. The van der Waals surface area contributed by atoms with E-state index in [1.807, 2.05) is 6.07 Å². The summed E-state index contributed by atoms with van der Waals surface area (Å²) < 4.78 is 19.3. The zero-order valence-electron chi connectivity index (χ0n) is 16.3. The van der Waals surface area contributed by atoms with Crippen molar-refractivity contribution < 1.29 is 18.7 Å². The number of hydrogen-bond acceptors (Lipinski definition) is 7. The van der Waals surface area contributed by atoms with Gasteiger partial charge in [0.05, 0.1) is 30.2 Å². The summed E-state index contributed by atoms with van der Waals surface area (Å²) in [5.74, 6) is -2.74. The van der Waals surface area contributed by atoms with Crippen LogP contribution >= 0.6 is 11.3 Å². The van der Waals surface area contributed by atoms with E-state index in [4.69, 9.17) is 5.73 Å². The highest BCUT2D eigenvalue weighted by Crippen LogP contribution is 2.36. The molecule has 1 aliphatic heterocycles. The topological polar surface area (TPSA) is 118 Å². The maximum absolute atomic E-state index is 13.5. The number of halogens is 1. The zero-order chi connectivity index (χ0) is 22.2. The largest absolute Gasteiger partial charge is 0.466 e. The zero-order valence-corrected chi connectivity index (χ0v) is 17.1. The van der Waals surface area contributed by atoms with Gasteiger partial charge in [-0.2, -0.15) is 5.26 Å². The number of aromatic nitrogens is 1. The number of ether oxygens (including phenoxy) is 1. The normalized spacial score (nSPS) is 16.2. The molecule has 0 fully saturated rings. The molecule has 154 valence electrons. The number of benzene rings is 1. The smallest absolute Gasteiger partial charge is 0.332 e. The van der Waals surface area contributed by atoms with Crippen molar-refractivity contribution in [3.05, 3.63) is 60.8 Å². The molecule has 0 bridgehead atoms. The lowest BCUT2D eigenvalue weighted by Gasteiger charge is -2.26. The summed E-state index contributed by atoms with van der Waals surface area (Å²) in [4.78, 5) is 39.0. The van der Waals surface area contributed by atoms with E-state index >= 15 is 0 Å². The van der Waals surface area contributed by atoms with Gasteiger partial charge in [-0.25, -0.2) is 9.18 Å². The van der Waals surface area contributed by atoms with Crippen LogP contribution in [0.5, 0.6) is 0 Å². The molecule has 3 rings (SSSR count). The van der Waals surface area contributed by atoms with Crippen LogP contribution in [0.25, 0.3) is 17.5 Å². The highest BCUT2D eigenvalue weighted by Gasteiger charge is 2.36. The molecule has 1 aromatic heterocycles. The van der Waals surface area contributed by atoms with E-state index in [0.29, 0.717) is 5.56 Å². The number of nitrogens with two attached hydrogens (primary N) is 1. The third kappa shape index (κ3) is 3.40. The van der Waals surface area contributed by atoms with Crippen LogP contribution in [0.15, 0.2) is 34.6 Å². The molecule has 0 aliphatic carbocycles. The Hall–Kier alpha value is -3.71. The van der Waals surface area contributed by atoms with Crippen molar-refractivity contribution in [2.75, 3.05) is 21.2 Å². The van der Waals surface area contributed by atoms with Gasteiger partial charge in [0.2, 0.25) is 0 Å². The Morgan fingerprint density at radius 3 is 2.50 bits per heavy atom. The first-order valence-electron chi connectivity index (χ1n) is 8.64. The van der Waals surface area contributed by atoms with Crippen molar-refractivity contribution in [2.24, 2.45) is 5.73 Å². The fraction of sp³-hybridized carbons (Fsp3) is 0.200. The first kappa shape index (κ1) is 21.0. The lowest BCUT2D eigenvalue weighted by Crippen LogP contribution is -2.41. The number of carbonyl (C=O) groups excluding carboxylic acids is 2. The van der Waals surface area contributed by atoms with Crippen molar-refractivity contribution >= 4 is 40.7 Å². The minimum Gasteiger partial charge on any atom is -0.466 e. The van der Waals surface area contributed by atoms with Gasteiger partial charge in [-0.05, 0) is 17.7 Å². The molecule has 2 N–H and O–H groups in total. The molecule has 1 aromatic carbocycles. The van der Waals surface area contributed by atoms with Crippen LogP contribution in [0.2, 0.25) is 0 Å². The number of carbonyl (C=O) groups is 2. The molecule has 0 saturated carbocycles. The van der Waals surface area contributed by atoms with Crippen LogP contribution in [0, 0.1) is 17.1 Å². The lowest BCUT2D eigenvalue weighted by atomic mass is 9.83. The summed E-state index contributed by atoms with van der Waals surface area (Å²) in [5.41, 5.74) is 6.08. The Kier molecular flexibility index (Phi) is 5.58.